The molecule has 3 rings (SSSR count). The third kappa shape index (κ3) is 4.96. The average molecular weight is 372 g/mol. The Kier molecular flexibility index (Phi) is 6.62. The van der Waals surface area contributed by atoms with Crippen molar-refractivity contribution in [2.75, 3.05) is 46.5 Å². The summed E-state index contributed by atoms with van der Waals surface area (Å²) in [5.41, 5.74) is 1.14. The Morgan fingerprint density at radius 3 is 2.74 bits per heavy atom. The minimum Gasteiger partial charge on any atom is -0.472 e. The van der Waals surface area contributed by atoms with Gasteiger partial charge in [0.1, 0.15) is 6.26 Å². The van der Waals surface area contributed by atoms with Crippen LogP contribution in [0.1, 0.15) is 20.7 Å². The van der Waals surface area contributed by atoms with Gasteiger partial charge in [-0.25, -0.2) is 0 Å². The molecule has 1 fully saturated rings. The van der Waals surface area contributed by atoms with Gasteiger partial charge in [0.05, 0.1) is 31.1 Å². The van der Waals surface area contributed by atoms with E-state index in [4.69, 9.17) is 13.9 Å². The zero-order valence-electron chi connectivity index (χ0n) is 15.4. The number of hydrogen-bond acceptors (Lipinski definition) is 5. The van der Waals surface area contributed by atoms with Crippen molar-refractivity contribution in [3.63, 3.8) is 0 Å². The van der Waals surface area contributed by atoms with Crippen LogP contribution in [-0.2, 0) is 9.47 Å². The molecule has 1 atom stereocenters. The van der Waals surface area contributed by atoms with Crippen molar-refractivity contribution in [1.82, 2.24) is 9.80 Å². The van der Waals surface area contributed by atoms with E-state index in [1.165, 1.54) is 12.5 Å². The summed E-state index contributed by atoms with van der Waals surface area (Å²) in [6.45, 7) is 2.67. The fourth-order valence-corrected chi connectivity index (χ4v) is 3.07. The Morgan fingerprint density at radius 2 is 2.04 bits per heavy atom. The third-order valence-electron chi connectivity index (χ3n) is 4.49. The Labute approximate surface area is 158 Å². The van der Waals surface area contributed by atoms with Crippen molar-refractivity contribution in [3.05, 3.63) is 60.1 Å². The maximum atomic E-state index is 12.8. The number of hydrogen-bond donors (Lipinski definition) is 0. The summed E-state index contributed by atoms with van der Waals surface area (Å²) in [5.74, 6) is -0.163. The molecule has 0 saturated carbocycles. The molecule has 0 aliphatic carbocycles. The first-order chi connectivity index (χ1) is 13.2. The maximum absolute atomic E-state index is 12.8. The van der Waals surface area contributed by atoms with Gasteiger partial charge in [-0.3, -0.25) is 9.59 Å². The molecular formula is C20H24N2O5. The van der Waals surface area contributed by atoms with Crippen molar-refractivity contribution in [2.24, 2.45) is 0 Å². The van der Waals surface area contributed by atoms with Gasteiger partial charge in [0.25, 0.3) is 11.8 Å². The highest BCUT2D eigenvalue weighted by Gasteiger charge is 2.28. The Hall–Kier alpha value is -2.64. The van der Waals surface area contributed by atoms with E-state index in [2.05, 4.69) is 0 Å². The average Bonchev–Trinajstić information content (AvgIpc) is 3.26. The summed E-state index contributed by atoms with van der Waals surface area (Å²) in [4.78, 5) is 28.8. The summed E-state index contributed by atoms with van der Waals surface area (Å²) < 4.78 is 16.0. The summed E-state index contributed by atoms with van der Waals surface area (Å²) in [5, 5.41) is 0. The monoisotopic (exact) mass is 372 g/mol. The fraction of sp³-hybridized carbons (Fsp3) is 0.400. The van der Waals surface area contributed by atoms with Crippen LogP contribution in [0.2, 0.25) is 0 Å². The minimum absolute atomic E-state index is 0.0745. The van der Waals surface area contributed by atoms with Gasteiger partial charge in [0, 0.05) is 38.9 Å². The lowest BCUT2D eigenvalue weighted by Crippen LogP contribution is -2.51. The van der Waals surface area contributed by atoms with Crippen LogP contribution in [-0.4, -0.2) is 74.2 Å². The van der Waals surface area contributed by atoms with Gasteiger partial charge >= 0.3 is 0 Å². The highest BCUT2D eigenvalue weighted by atomic mass is 16.5. The molecule has 1 unspecified atom stereocenters. The summed E-state index contributed by atoms with van der Waals surface area (Å²) in [7, 11) is 1.60. The normalized spacial score (nSPS) is 16.9. The second kappa shape index (κ2) is 9.34. The summed E-state index contributed by atoms with van der Waals surface area (Å²) in [6.07, 6.45) is 2.67. The lowest BCUT2D eigenvalue weighted by atomic mass is 10.1. The van der Waals surface area contributed by atoms with Crippen LogP contribution in [0.25, 0.3) is 0 Å². The number of benzene rings is 1. The van der Waals surface area contributed by atoms with Gasteiger partial charge in [-0.1, -0.05) is 18.2 Å². The molecule has 1 aromatic heterocycles. The molecule has 0 spiro atoms. The Balaban J connectivity index is 1.65. The van der Waals surface area contributed by atoms with E-state index in [0.717, 1.165) is 0 Å². The predicted octanol–water partition coefficient (Wildman–Crippen LogP) is 1.91. The zero-order chi connectivity index (χ0) is 19.1. The molecule has 1 aliphatic heterocycles. The van der Waals surface area contributed by atoms with Crippen LogP contribution in [0.15, 0.2) is 53.3 Å². The Morgan fingerprint density at radius 1 is 1.22 bits per heavy atom. The molecule has 2 heterocycles. The van der Waals surface area contributed by atoms with Crippen LogP contribution in [0.5, 0.6) is 0 Å². The summed E-state index contributed by atoms with van der Waals surface area (Å²) >= 11 is 0. The molecule has 7 nitrogen and oxygen atoms in total. The SMILES string of the molecule is COCCN(CC1CN(C(=O)c2ccoc2)CCO1)C(=O)c1ccccc1. The van der Waals surface area contributed by atoms with Gasteiger partial charge < -0.3 is 23.7 Å². The second-order valence-corrected chi connectivity index (χ2v) is 6.37. The van der Waals surface area contributed by atoms with Crippen molar-refractivity contribution in [1.29, 1.82) is 0 Å². The molecule has 1 saturated heterocycles. The van der Waals surface area contributed by atoms with Gasteiger partial charge in [-0.15, -0.1) is 0 Å². The first-order valence-corrected chi connectivity index (χ1v) is 8.95. The quantitative estimate of drug-likeness (QED) is 0.742. The van der Waals surface area contributed by atoms with E-state index in [9.17, 15) is 9.59 Å². The lowest BCUT2D eigenvalue weighted by molar-refractivity contribution is -0.0347. The molecule has 0 radical (unpaired) electrons. The molecule has 2 amide bonds. The van der Waals surface area contributed by atoms with E-state index in [-0.39, 0.29) is 17.9 Å². The Bertz CT molecular complexity index is 732. The van der Waals surface area contributed by atoms with Gasteiger partial charge in [0.15, 0.2) is 0 Å². The second-order valence-electron chi connectivity index (χ2n) is 6.37. The predicted molar refractivity (Wildman–Crippen MR) is 98.6 cm³/mol. The number of ether oxygens (including phenoxy) is 2. The number of furan rings is 1. The van der Waals surface area contributed by atoms with Crippen molar-refractivity contribution < 1.29 is 23.5 Å². The number of carbonyl (C=O) groups is 2. The molecule has 0 bridgehead atoms. The standard InChI is InChI=1S/C20H24N2O5/c1-25-11-8-21(19(23)16-5-3-2-4-6-16)13-18-14-22(9-12-27-18)20(24)17-7-10-26-15-17/h2-7,10,15,18H,8-9,11-14H2,1H3. The number of rotatable bonds is 7. The van der Waals surface area contributed by atoms with Crippen molar-refractivity contribution in [3.8, 4) is 0 Å². The van der Waals surface area contributed by atoms with Crippen LogP contribution in [0.3, 0.4) is 0 Å². The number of carbonyl (C=O) groups excluding carboxylic acids is 2. The highest BCUT2D eigenvalue weighted by Crippen LogP contribution is 2.14. The molecule has 144 valence electrons. The molecule has 27 heavy (non-hydrogen) atoms. The minimum atomic E-state index is -0.251. The number of methoxy groups -OCH3 is 1. The van der Waals surface area contributed by atoms with Crippen LogP contribution in [0.4, 0.5) is 0 Å². The number of amides is 2. The van der Waals surface area contributed by atoms with E-state index >= 15 is 0 Å². The van der Waals surface area contributed by atoms with E-state index in [1.807, 2.05) is 18.2 Å². The van der Waals surface area contributed by atoms with E-state index < -0.39 is 0 Å². The molecule has 0 N–H and O–H groups in total. The summed E-state index contributed by atoms with van der Waals surface area (Å²) in [6, 6.07) is 10.8. The van der Waals surface area contributed by atoms with Crippen molar-refractivity contribution in [2.45, 2.75) is 6.10 Å². The van der Waals surface area contributed by atoms with Crippen LogP contribution < -0.4 is 0 Å². The first kappa shape index (κ1) is 19.1. The van der Waals surface area contributed by atoms with Gasteiger partial charge in [-0.05, 0) is 18.2 Å². The van der Waals surface area contributed by atoms with E-state index in [0.29, 0.717) is 50.5 Å². The lowest BCUT2D eigenvalue weighted by Gasteiger charge is -2.35. The van der Waals surface area contributed by atoms with E-state index in [1.54, 1.807) is 35.1 Å². The molecule has 7 heteroatoms. The maximum Gasteiger partial charge on any atom is 0.257 e. The topological polar surface area (TPSA) is 72.2 Å². The van der Waals surface area contributed by atoms with Crippen LogP contribution in [0, 0.1) is 0 Å². The molecule has 2 aromatic rings. The molecule has 1 aromatic carbocycles. The van der Waals surface area contributed by atoms with Gasteiger partial charge in [-0.2, -0.15) is 0 Å². The smallest absolute Gasteiger partial charge is 0.257 e. The number of nitrogens with zero attached hydrogens (tertiary/aromatic N) is 2. The highest BCUT2D eigenvalue weighted by molar-refractivity contribution is 5.94. The number of morpholine rings is 1. The van der Waals surface area contributed by atoms with Crippen LogP contribution >= 0.6 is 0 Å². The first-order valence-electron chi connectivity index (χ1n) is 8.95. The fourth-order valence-electron chi connectivity index (χ4n) is 3.07. The molecule has 1 aliphatic rings. The van der Waals surface area contributed by atoms with Crippen molar-refractivity contribution >= 4 is 11.8 Å². The molecular weight excluding hydrogens is 348 g/mol. The third-order valence-corrected chi connectivity index (χ3v) is 4.49. The zero-order valence-corrected chi connectivity index (χ0v) is 15.4. The van der Waals surface area contributed by atoms with Gasteiger partial charge in [0.2, 0.25) is 0 Å². The largest absolute Gasteiger partial charge is 0.472 e.